The standard InChI is InChI=1S/C19H26N4O/c1-12-5-4-6-23-16(12)11-21-18(23)19(2,3)22-17(24)13-7-14-9-20-10-15(14)8-13/h4-6,11,13-15,20H,7-10H2,1-3H3,(H,22,24)/t13-,14-,15+. The van der Waals surface area contributed by atoms with Gasteiger partial charge < -0.3 is 15.0 Å². The Morgan fingerprint density at radius 3 is 2.75 bits per heavy atom. The van der Waals surface area contributed by atoms with Crippen LogP contribution in [0.15, 0.2) is 24.5 Å². The number of amides is 1. The van der Waals surface area contributed by atoms with E-state index in [1.54, 1.807) is 0 Å². The first kappa shape index (κ1) is 15.6. The summed E-state index contributed by atoms with van der Waals surface area (Å²) < 4.78 is 2.09. The summed E-state index contributed by atoms with van der Waals surface area (Å²) in [5.41, 5.74) is 1.79. The van der Waals surface area contributed by atoms with Crippen LogP contribution in [0.25, 0.3) is 5.52 Å². The number of pyridine rings is 1. The highest BCUT2D eigenvalue weighted by atomic mass is 16.2. The number of hydrogen-bond acceptors (Lipinski definition) is 3. The van der Waals surface area contributed by atoms with Crippen LogP contribution in [0.1, 0.15) is 38.1 Å². The van der Waals surface area contributed by atoms with Gasteiger partial charge in [0.05, 0.1) is 17.3 Å². The van der Waals surface area contributed by atoms with Crippen LogP contribution in [0.2, 0.25) is 0 Å². The van der Waals surface area contributed by atoms with Gasteiger partial charge in [-0.25, -0.2) is 4.98 Å². The van der Waals surface area contributed by atoms with Gasteiger partial charge in [-0.15, -0.1) is 0 Å². The normalized spacial score (nSPS) is 26.7. The Kier molecular flexibility index (Phi) is 3.64. The van der Waals surface area contributed by atoms with Gasteiger partial charge in [-0.3, -0.25) is 4.79 Å². The van der Waals surface area contributed by atoms with E-state index in [-0.39, 0.29) is 11.8 Å². The molecule has 0 spiro atoms. The minimum atomic E-state index is -0.493. The van der Waals surface area contributed by atoms with Crippen LogP contribution in [-0.4, -0.2) is 28.4 Å². The minimum absolute atomic E-state index is 0.148. The molecule has 5 heteroatoms. The van der Waals surface area contributed by atoms with Crippen molar-refractivity contribution in [1.29, 1.82) is 0 Å². The molecule has 2 aromatic heterocycles. The number of carbonyl (C=O) groups excluding carboxylic acids is 1. The maximum atomic E-state index is 12.8. The summed E-state index contributed by atoms with van der Waals surface area (Å²) in [5.74, 6) is 2.57. The van der Waals surface area contributed by atoms with E-state index in [0.29, 0.717) is 11.8 Å². The number of carbonyl (C=O) groups is 1. The zero-order chi connectivity index (χ0) is 16.9. The fraction of sp³-hybridized carbons (Fsp3) is 0.579. The Labute approximate surface area is 142 Å². The van der Waals surface area contributed by atoms with Crippen LogP contribution in [-0.2, 0) is 10.3 Å². The van der Waals surface area contributed by atoms with Crippen LogP contribution in [0.5, 0.6) is 0 Å². The van der Waals surface area contributed by atoms with Crippen molar-refractivity contribution in [2.45, 2.75) is 39.2 Å². The van der Waals surface area contributed by atoms with Gasteiger partial charge >= 0.3 is 0 Å². The van der Waals surface area contributed by atoms with E-state index in [1.165, 1.54) is 5.56 Å². The van der Waals surface area contributed by atoms with Crippen LogP contribution < -0.4 is 10.6 Å². The highest BCUT2D eigenvalue weighted by Gasteiger charge is 2.41. The lowest BCUT2D eigenvalue weighted by Gasteiger charge is -2.27. The van der Waals surface area contributed by atoms with E-state index >= 15 is 0 Å². The molecule has 2 aliphatic rings. The van der Waals surface area contributed by atoms with Crippen molar-refractivity contribution in [3.8, 4) is 0 Å². The fourth-order valence-electron chi connectivity index (χ4n) is 4.47. The quantitative estimate of drug-likeness (QED) is 0.909. The lowest BCUT2D eigenvalue weighted by atomic mass is 9.99. The largest absolute Gasteiger partial charge is 0.344 e. The summed E-state index contributed by atoms with van der Waals surface area (Å²) in [4.78, 5) is 17.4. The molecule has 1 saturated heterocycles. The predicted octanol–water partition coefficient (Wildman–Crippen LogP) is 2.24. The third-order valence-corrected chi connectivity index (χ3v) is 5.80. The molecule has 24 heavy (non-hydrogen) atoms. The number of aromatic nitrogens is 2. The summed E-state index contributed by atoms with van der Waals surface area (Å²) in [6.45, 7) is 8.31. The highest BCUT2D eigenvalue weighted by molar-refractivity contribution is 5.80. The van der Waals surface area contributed by atoms with Gasteiger partial charge in [0, 0.05) is 12.1 Å². The molecule has 0 radical (unpaired) electrons. The third kappa shape index (κ3) is 2.51. The van der Waals surface area contributed by atoms with Gasteiger partial charge in [-0.1, -0.05) is 6.07 Å². The minimum Gasteiger partial charge on any atom is -0.344 e. The molecule has 0 unspecified atom stereocenters. The Hall–Kier alpha value is -1.88. The molecule has 1 aliphatic heterocycles. The zero-order valence-corrected chi connectivity index (χ0v) is 14.7. The van der Waals surface area contributed by atoms with Crippen molar-refractivity contribution < 1.29 is 4.79 Å². The number of nitrogens with zero attached hydrogens (tertiary/aromatic N) is 2. The van der Waals surface area contributed by atoms with Gasteiger partial charge in [0.1, 0.15) is 5.82 Å². The number of fused-ring (bicyclic) bond motifs is 2. The maximum absolute atomic E-state index is 12.8. The molecule has 3 atom stereocenters. The van der Waals surface area contributed by atoms with E-state index in [2.05, 4.69) is 33.0 Å². The van der Waals surface area contributed by atoms with Gasteiger partial charge in [-0.2, -0.15) is 0 Å². The molecule has 2 N–H and O–H groups in total. The molecule has 0 aromatic carbocycles. The zero-order valence-electron chi connectivity index (χ0n) is 14.7. The predicted molar refractivity (Wildman–Crippen MR) is 93.7 cm³/mol. The van der Waals surface area contributed by atoms with Crippen LogP contribution in [0.4, 0.5) is 0 Å². The smallest absolute Gasteiger partial charge is 0.223 e. The molecule has 5 nitrogen and oxygen atoms in total. The second kappa shape index (κ2) is 5.59. The number of aryl methyl sites for hydroxylation is 1. The lowest BCUT2D eigenvalue weighted by molar-refractivity contribution is -0.126. The maximum Gasteiger partial charge on any atom is 0.223 e. The van der Waals surface area contributed by atoms with Crippen molar-refractivity contribution >= 4 is 11.4 Å². The number of nitrogens with one attached hydrogen (secondary N) is 2. The van der Waals surface area contributed by atoms with Crippen molar-refractivity contribution in [3.05, 3.63) is 35.9 Å². The third-order valence-electron chi connectivity index (χ3n) is 5.80. The van der Waals surface area contributed by atoms with Gasteiger partial charge in [0.2, 0.25) is 5.91 Å². The topological polar surface area (TPSA) is 58.4 Å². The monoisotopic (exact) mass is 326 g/mol. The summed E-state index contributed by atoms with van der Waals surface area (Å²) in [6, 6.07) is 4.11. The summed E-state index contributed by atoms with van der Waals surface area (Å²) in [5, 5.41) is 6.69. The van der Waals surface area contributed by atoms with E-state index in [9.17, 15) is 4.79 Å². The second-order valence-corrected chi connectivity index (χ2v) is 7.99. The molecule has 1 amide bonds. The molecule has 1 saturated carbocycles. The van der Waals surface area contributed by atoms with Gasteiger partial charge in [0.25, 0.3) is 0 Å². The molecule has 4 rings (SSSR count). The molecule has 3 heterocycles. The Balaban J connectivity index is 1.54. The van der Waals surface area contributed by atoms with Crippen LogP contribution in [0.3, 0.4) is 0 Å². The summed E-state index contributed by atoms with van der Waals surface area (Å²) in [6.07, 6.45) is 5.94. The molecular formula is C19H26N4O. The second-order valence-electron chi connectivity index (χ2n) is 7.99. The van der Waals surface area contributed by atoms with E-state index in [4.69, 9.17) is 0 Å². The Morgan fingerprint density at radius 1 is 1.33 bits per heavy atom. The molecular weight excluding hydrogens is 300 g/mol. The van der Waals surface area contributed by atoms with Crippen molar-refractivity contribution in [3.63, 3.8) is 0 Å². The number of imidazole rings is 1. The lowest BCUT2D eigenvalue weighted by Crippen LogP contribution is -2.45. The molecule has 2 fully saturated rings. The average Bonchev–Trinajstić information content (AvgIpc) is 3.21. The van der Waals surface area contributed by atoms with E-state index in [1.807, 2.05) is 32.3 Å². The number of hydrogen-bond donors (Lipinski definition) is 2. The average molecular weight is 326 g/mol. The van der Waals surface area contributed by atoms with Crippen LogP contribution in [0, 0.1) is 24.7 Å². The molecule has 128 valence electrons. The first-order valence-corrected chi connectivity index (χ1v) is 8.91. The number of rotatable bonds is 3. The van der Waals surface area contributed by atoms with Gasteiger partial charge in [-0.05, 0) is 70.2 Å². The van der Waals surface area contributed by atoms with Gasteiger partial charge in [0.15, 0.2) is 0 Å². The molecule has 0 bridgehead atoms. The molecule has 1 aliphatic carbocycles. The van der Waals surface area contributed by atoms with Crippen molar-refractivity contribution in [1.82, 2.24) is 20.0 Å². The first-order valence-electron chi connectivity index (χ1n) is 8.91. The summed E-state index contributed by atoms with van der Waals surface area (Å²) >= 11 is 0. The van der Waals surface area contributed by atoms with Crippen molar-refractivity contribution in [2.24, 2.45) is 17.8 Å². The van der Waals surface area contributed by atoms with Crippen molar-refractivity contribution in [2.75, 3.05) is 13.1 Å². The Morgan fingerprint density at radius 2 is 2.04 bits per heavy atom. The first-order chi connectivity index (χ1) is 11.5. The Bertz CT molecular complexity index is 767. The van der Waals surface area contributed by atoms with Crippen LogP contribution >= 0.6 is 0 Å². The summed E-state index contributed by atoms with van der Waals surface area (Å²) in [7, 11) is 0. The fourth-order valence-corrected chi connectivity index (χ4v) is 4.47. The van der Waals surface area contributed by atoms with E-state index < -0.39 is 5.54 Å². The molecule has 2 aromatic rings. The van der Waals surface area contributed by atoms with E-state index in [0.717, 1.165) is 37.3 Å². The highest BCUT2D eigenvalue weighted by Crippen LogP contribution is 2.39. The SMILES string of the molecule is Cc1cccn2c(C(C)(C)NC(=O)[C@H]3C[C@H]4CNC[C@H]4C3)ncc12.